The van der Waals surface area contributed by atoms with E-state index in [1.165, 1.54) is 5.69 Å². The Balaban J connectivity index is 1.12. The van der Waals surface area contributed by atoms with Crippen LogP contribution in [0.15, 0.2) is 73.2 Å². The Morgan fingerprint density at radius 1 is 0.894 bits per heavy atom. The fourth-order valence-electron chi connectivity index (χ4n) is 6.67. The van der Waals surface area contributed by atoms with Gasteiger partial charge in [0.2, 0.25) is 5.95 Å². The molecule has 11 nitrogen and oxygen atoms in total. The highest BCUT2D eigenvalue weighted by atomic mass is 16.2. The van der Waals surface area contributed by atoms with E-state index in [2.05, 4.69) is 61.5 Å². The highest BCUT2D eigenvalue weighted by Crippen LogP contribution is 2.40. The molecule has 0 bridgehead atoms. The summed E-state index contributed by atoms with van der Waals surface area (Å²) >= 11 is 0. The standard InChI is InChI=1S/C36H36N10O/c1-22-19-39-36(40-32-17-23(2)44(4)42-32)41-33(22)28-20-38-34-26(28)8-6-10-31(34)46-21-29-25(7-5-9-27(29)35(46)47)30-18-24(11-12-37-30)45-15-13-43(3)14-16-45/h5-12,17-20,38H,13-16,21H2,1-4H3,(H,39,40,41,42). The van der Waals surface area contributed by atoms with Crippen LogP contribution in [0.5, 0.6) is 0 Å². The third-order valence-corrected chi connectivity index (χ3v) is 9.42. The molecule has 4 aromatic heterocycles. The lowest BCUT2D eigenvalue weighted by atomic mass is 10.00. The lowest BCUT2D eigenvalue weighted by Crippen LogP contribution is -2.44. The van der Waals surface area contributed by atoms with Crippen LogP contribution in [-0.4, -0.2) is 73.8 Å². The molecule has 0 spiro atoms. The number of para-hydroxylation sites is 1. The number of pyridine rings is 1. The molecule has 0 atom stereocenters. The number of nitrogens with one attached hydrogen (secondary N) is 2. The van der Waals surface area contributed by atoms with E-state index >= 15 is 0 Å². The first-order valence-electron chi connectivity index (χ1n) is 15.9. The predicted octanol–water partition coefficient (Wildman–Crippen LogP) is 5.69. The Morgan fingerprint density at radius 3 is 2.51 bits per heavy atom. The molecule has 0 unspecified atom stereocenters. The zero-order valence-electron chi connectivity index (χ0n) is 26.9. The van der Waals surface area contributed by atoms with Crippen LogP contribution in [0.3, 0.4) is 0 Å². The fourth-order valence-corrected chi connectivity index (χ4v) is 6.67. The molecule has 6 heterocycles. The van der Waals surface area contributed by atoms with Crippen molar-refractivity contribution in [3.05, 3.63) is 95.6 Å². The number of carbonyl (C=O) groups excluding carboxylic acids is 1. The Hall–Kier alpha value is -5.55. The van der Waals surface area contributed by atoms with Gasteiger partial charge in [0.1, 0.15) is 0 Å². The third-order valence-electron chi connectivity index (χ3n) is 9.42. The number of hydrogen-bond acceptors (Lipinski definition) is 8. The van der Waals surface area contributed by atoms with Crippen molar-refractivity contribution in [1.29, 1.82) is 0 Å². The number of likely N-dealkylation sites (N-methyl/N-ethyl adjacent to an activating group) is 1. The number of amides is 1. The number of nitrogens with zero attached hydrogens (tertiary/aromatic N) is 8. The summed E-state index contributed by atoms with van der Waals surface area (Å²) < 4.78 is 1.81. The highest BCUT2D eigenvalue weighted by Gasteiger charge is 2.32. The van der Waals surface area contributed by atoms with Gasteiger partial charge in [0, 0.05) is 91.3 Å². The second-order valence-electron chi connectivity index (χ2n) is 12.5. The average Bonchev–Trinajstić information content (AvgIpc) is 3.76. The van der Waals surface area contributed by atoms with Crippen molar-refractivity contribution >= 4 is 40.0 Å². The van der Waals surface area contributed by atoms with Crippen LogP contribution < -0.4 is 15.1 Å². The summed E-state index contributed by atoms with van der Waals surface area (Å²) in [5.74, 6) is 1.14. The van der Waals surface area contributed by atoms with E-state index in [-0.39, 0.29) is 5.91 Å². The molecular weight excluding hydrogens is 588 g/mol. The predicted molar refractivity (Wildman–Crippen MR) is 185 cm³/mol. The SMILES string of the molecule is Cc1cnc(Nc2cc(C)n(C)n2)nc1-c1c[nH]c2c(N3Cc4c(cccc4-c4cc(N5CCN(C)CC5)ccn4)C3=O)cccc12. The van der Waals surface area contributed by atoms with Crippen molar-refractivity contribution in [2.45, 2.75) is 20.4 Å². The largest absolute Gasteiger partial charge is 0.369 e. The van der Waals surface area contributed by atoms with Crippen molar-refractivity contribution in [3.63, 3.8) is 0 Å². The highest BCUT2D eigenvalue weighted by molar-refractivity contribution is 6.15. The summed E-state index contributed by atoms with van der Waals surface area (Å²) in [5, 5.41) is 8.69. The van der Waals surface area contributed by atoms with Gasteiger partial charge in [-0.25, -0.2) is 9.97 Å². The zero-order chi connectivity index (χ0) is 32.2. The monoisotopic (exact) mass is 624 g/mol. The number of fused-ring (bicyclic) bond motifs is 2. The molecule has 1 saturated heterocycles. The number of H-pyrrole nitrogens is 1. The smallest absolute Gasteiger partial charge is 0.259 e. The number of benzene rings is 2. The van der Waals surface area contributed by atoms with Crippen molar-refractivity contribution in [2.75, 3.05) is 48.3 Å². The molecule has 2 aliphatic heterocycles. The first kappa shape index (κ1) is 28.9. The maximum absolute atomic E-state index is 14.0. The van der Waals surface area contributed by atoms with Gasteiger partial charge in [-0.3, -0.25) is 14.5 Å². The number of rotatable bonds is 6. The van der Waals surface area contributed by atoms with Crippen LogP contribution in [0, 0.1) is 13.8 Å². The molecule has 236 valence electrons. The van der Waals surface area contributed by atoms with E-state index in [1.54, 1.807) is 0 Å². The van der Waals surface area contributed by atoms with Gasteiger partial charge in [-0.05, 0) is 56.3 Å². The van der Waals surface area contributed by atoms with E-state index in [0.717, 1.165) is 82.1 Å². The zero-order valence-corrected chi connectivity index (χ0v) is 26.9. The van der Waals surface area contributed by atoms with E-state index in [9.17, 15) is 4.79 Å². The molecule has 2 aliphatic rings. The molecule has 47 heavy (non-hydrogen) atoms. The molecule has 1 amide bonds. The Bertz CT molecular complexity index is 2140. The lowest BCUT2D eigenvalue weighted by Gasteiger charge is -2.34. The fraction of sp³-hybridized carbons (Fsp3) is 0.250. The quantitative estimate of drug-likeness (QED) is 0.243. The Kier molecular flexibility index (Phi) is 6.98. The lowest BCUT2D eigenvalue weighted by molar-refractivity contribution is 0.0997. The number of anilines is 4. The summed E-state index contributed by atoms with van der Waals surface area (Å²) in [6.45, 7) is 8.50. The number of aryl methyl sites for hydroxylation is 3. The van der Waals surface area contributed by atoms with Crippen molar-refractivity contribution in [2.24, 2.45) is 7.05 Å². The molecule has 11 heteroatoms. The summed E-state index contributed by atoms with van der Waals surface area (Å²) in [5.41, 5.74) is 10.2. The van der Waals surface area contributed by atoms with Gasteiger partial charge >= 0.3 is 0 Å². The second-order valence-corrected chi connectivity index (χ2v) is 12.5. The van der Waals surface area contributed by atoms with Crippen molar-refractivity contribution in [3.8, 4) is 22.5 Å². The van der Waals surface area contributed by atoms with E-state index in [4.69, 9.17) is 9.97 Å². The van der Waals surface area contributed by atoms with E-state index in [0.29, 0.717) is 23.9 Å². The minimum Gasteiger partial charge on any atom is -0.369 e. The van der Waals surface area contributed by atoms with Crippen LogP contribution in [0.2, 0.25) is 0 Å². The number of hydrogen-bond donors (Lipinski definition) is 2. The topological polar surface area (TPSA) is 111 Å². The van der Waals surface area contributed by atoms with Gasteiger partial charge in [0.25, 0.3) is 5.91 Å². The molecule has 8 rings (SSSR count). The Labute approximate surface area is 272 Å². The number of aromatic nitrogens is 6. The van der Waals surface area contributed by atoms with E-state index < -0.39 is 0 Å². The van der Waals surface area contributed by atoms with Crippen LogP contribution >= 0.6 is 0 Å². The summed E-state index contributed by atoms with van der Waals surface area (Å²) in [6, 6.07) is 18.2. The first-order chi connectivity index (χ1) is 22.8. The van der Waals surface area contributed by atoms with Gasteiger partial charge in [0.05, 0.1) is 29.1 Å². The first-order valence-corrected chi connectivity index (χ1v) is 15.9. The minimum absolute atomic E-state index is 0.0175. The summed E-state index contributed by atoms with van der Waals surface area (Å²) in [7, 11) is 4.07. The van der Waals surface area contributed by atoms with Gasteiger partial charge < -0.3 is 25.0 Å². The van der Waals surface area contributed by atoms with Gasteiger partial charge in [-0.2, -0.15) is 5.10 Å². The molecule has 0 radical (unpaired) electrons. The van der Waals surface area contributed by atoms with Gasteiger partial charge in [-0.1, -0.05) is 24.3 Å². The maximum atomic E-state index is 14.0. The third kappa shape index (κ3) is 5.08. The van der Waals surface area contributed by atoms with Crippen LogP contribution in [0.25, 0.3) is 33.4 Å². The molecule has 1 fully saturated rings. The Morgan fingerprint density at radius 2 is 1.70 bits per heavy atom. The van der Waals surface area contributed by atoms with Crippen LogP contribution in [0.1, 0.15) is 27.2 Å². The summed E-state index contributed by atoms with van der Waals surface area (Å²) in [4.78, 5) is 38.2. The van der Waals surface area contributed by atoms with Gasteiger partial charge in [0.15, 0.2) is 5.82 Å². The van der Waals surface area contributed by atoms with E-state index in [1.807, 2.05) is 79.4 Å². The number of aromatic amines is 1. The molecule has 0 aliphatic carbocycles. The number of piperazine rings is 1. The van der Waals surface area contributed by atoms with Crippen molar-refractivity contribution < 1.29 is 4.79 Å². The molecule has 6 aromatic rings. The normalized spacial score (nSPS) is 15.1. The van der Waals surface area contributed by atoms with Crippen LogP contribution in [0.4, 0.5) is 23.1 Å². The van der Waals surface area contributed by atoms with Crippen LogP contribution in [-0.2, 0) is 13.6 Å². The molecule has 2 N–H and O–H groups in total. The minimum atomic E-state index is -0.0175. The average molecular weight is 625 g/mol. The molecule has 0 saturated carbocycles. The number of carbonyl (C=O) groups is 1. The van der Waals surface area contributed by atoms with Crippen molar-refractivity contribution in [1.82, 2.24) is 34.6 Å². The molecular formula is C36H36N10O. The van der Waals surface area contributed by atoms with Gasteiger partial charge in [-0.15, -0.1) is 0 Å². The molecule has 2 aromatic carbocycles. The maximum Gasteiger partial charge on any atom is 0.259 e. The summed E-state index contributed by atoms with van der Waals surface area (Å²) in [6.07, 6.45) is 5.66. The second kappa shape index (κ2) is 11.4.